The Morgan fingerprint density at radius 3 is 2.19 bits per heavy atom. The van der Waals surface area contributed by atoms with Gasteiger partial charge in [0, 0.05) is 19.6 Å². The number of amides is 3. The van der Waals surface area contributed by atoms with E-state index in [2.05, 4.69) is 10.6 Å². The monoisotopic (exact) mass is 453 g/mol. The maximum Gasteiger partial charge on any atom is 0.407 e. The predicted molar refractivity (Wildman–Crippen MR) is 116 cm³/mol. The SMILES string of the molecule is CC(C)C(NC(=O)c1c(F)cccc1F)C(=O)N1CCC(CNC(=O)OC(C)(C)C)CC1. The average molecular weight is 454 g/mol. The maximum absolute atomic E-state index is 13.9. The summed E-state index contributed by atoms with van der Waals surface area (Å²) in [5.41, 5.74) is -1.26. The molecule has 1 unspecified atom stereocenters. The van der Waals surface area contributed by atoms with Crippen LogP contribution in [0.15, 0.2) is 18.2 Å². The van der Waals surface area contributed by atoms with Gasteiger partial charge in [0.2, 0.25) is 5.91 Å². The summed E-state index contributed by atoms with van der Waals surface area (Å²) in [6.07, 6.45) is 0.892. The Bertz CT molecular complexity index is 811. The number of ether oxygens (including phenoxy) is 1. The molecule has 2 rings (SSSR count). The van der Waals surface area contributed by atoms with Crippen molar-refractivity contribution in [1.82, 2.24) is 15.5 Å². The zero-order valence-corrected chi connectivity index (χ0v) is 19.3. The normalized spacial score (nSPS) is 15.9. The molecule has 0 bridgehead atoms. The summed E-state index contributed by atoms with van der Waals surface area (Å²) < 4.78 is 33.1. The molecule has 1 aliphatic heterocycles. The number of hydrogen-bond acceptors (Lipinski definition) is 4. The molecule has 0 saturated carbocycles. The quantitative estimate of drug-likeness (QED) is 0.690. The van der Waals surface area contributed by atoms with Crippen molar-refractivity contribution in [2.24, 2.45) is 11.8 Å². The lowest BCUT2D eigenvalue weighted by Gasteiger charge is -2.35. The summed E-state index contributed by atoms with van der Waals surface area (Å²) in [4.78, 5) is 39.0. The molecule has 178 valence electrons. The molecule has 1 fully saturated rings. The Kier molecular flexibility index (Phi) is 8.58. The summed E-state index contributed by atoms with van der Waals surface area (Å²) in [5, 5.41) is 5.26. The highest BCUT2D eigenvalue weighted by Gasteiger charge is 2.32. The Morgan fingerprint density at radius 1 is 1.12 bits per heavy atom. The minimum atomic E-state index is -0.976. The summed E-state index contributed by atoms with van der Waals surface area (Å²) >= 11 is 0. The molecule has 3 amide bonds. The van der Waals surface area contributed by atoms with E-state index in [1.54, 1.807) is 39.5 Å². The van der Waals surface area contributed by atoms with Crippen molar-refractivity contribution in [3.8, 4) is 0 Å². The van der Waals surface area contributed by atoms with Gasteiger partial charge in [0.05, 0.1) is 0 Å². The molecular formula is C23H33F2N3O4. The molecule has 1 atom stereocenters. The van der Waals surface area contributed by atoms with Crippen LogP contribution in [-0.2, 0) is 9.53 Å². The van der Waals surface area contributed by atoms with E-state index in [0.717, 1.165) is 12.1 Å². The maximum atomic E-state index is 13.9. The van der Waals surface area contributed by atoms with E-state index in [0.29, 0.717) is 32.5 Å². The lowest BCUT2D eigenvalue weighted by atomic mass is 9.95. The third-order valence-corrected chi connectivity index (χ3v) is 5.27. The largest absolute Gasteiger partial charge is 0.444 e. The second-order valence-electron chi connectivity index (χ2n) is 9.44. The molecular weight excluding hydrogens is 420 g/mol. The Hall–Kier alpha value is -2.71. The third-order valence-electron chi connectivity index (χ3n) is 5.27. The number of carbonyl (C=O) groups excluding carboxylic acids is 3. The highest BCUT2D eigenvalue weighted by Crippen LogP contribution is 2.20. The first kappa shape index (κ1) is 25.5. The van der Waals surface area contributed by atoms with E-state index < -0.39 is 40.8 Å². The van der Waals surface area contributed by atoms with Gasteiger partial charge in [-0.05, 0) is 57.6 Å². The van der Waals surface area contributed by atoms with Crippen LogP contribution in [0, 0.1) is 23.5 Å². The first-order valence-corrected chi connectivity index (χ1v) is 10.9. The van der Waals surface area contributed by atoms with E-state index >= 15 is 0 Å². The number of halogens is 2. The van der Waals surface area contributed by atoms with Crippen molar-refractivity contribution in [3.63, 3.8) is 0 Å². The fourth-order valence-corrected chi connectivity index (χ4v) is 3.54. The van der Waals surface area contributed by atoms with Gasteiger partial charge in [-0.2, -0.15) is 0 Å². The molecule has 9 heteroatoms. The summed E-state index contributed by atoms with van der Waals surface area (Å²) in [6, 6.07) is 2.27. The molecule has 1 aromatic rings. The van der Waals surface area contributed by atoms with Crippen LogP contribution in [0.25, 0.3) is 0 Å². The molecule has 1 aliphatic rings. The Labute approximate surface area is 187 Å². The van der Waals surface area contributed by atoms with Gasteiger partial charge in [0.25, 0.3) is 5.91 Å². The van der Waals surface area contributed by atoms with Crippen molar-refractivity contribution < 1.29 is 27.9 Å². The molecule has 2 N–H and O–H groups in total. The van der Waals surface area contributed by atoms with Gasteiger partial charge >= 0.3 is 6.09 Å². The summed E-state index contributed by atoms with van der Waals surface area (Å²) in [7, 11) is 0. The van der Waals surface area contributed by atoms with Crippen molar-refractivity contribution in [3.05, 3.63) is 35.4 Å². The first-order valence-electron chi connectivity index (χ1n) is 10.9. The van der Waals surface area contributed by atoms with Gasteiger partial charge in [-0.3, -0.25) is 9.59 Å². The van der Waals surface area contributed by atoms with E-state index in [1.807, 2.05) is 0 Å². The fraction of sp³-hybridized carbons (Fsp3) is 0.609. The van der Waals surface area contributed by atoms with Crippen LogP contribution in [0.5, 0.6) is 0 Å². The fourth-order valence-electron chi connectivity index (χ4n) is 3.54. The van der Waals surface area contributed by atoms with Crippen molar-refractivity contribution in [2.45, 2.75) is 59.1 Å². The molecule has 1 saturated heterocycles. The number of piperidine rings is 1. The smallest absolute Gasteiger partial charge is 0.407 e. The Morgan fingerprint density at radius 2 is 1.69 bits per heavy atom. The second-order valence-corrected chi connectivity index (χ2v) is 9.44. The minimum absolute atomic E-state index is 0.200. The van der Waals surface area contributed by atoms with Gasteiger partial charge in [-0.15, -0.1) is 0 Å². The van der Waals surface area contributed by atoms with Gasteiger partial charge < -0.3 is 20.3 Å². The highest BCUT2D eigenvalue weighted by molar-refractivity contribution is 5.98. The van der Waals surface area contributed by atoms with E-state index in [9.17, 15) is 23.2 Å². The number of rotatable bonds is 6. The first-order chi connectivity index (χ1) is 14.9. The number of carbonyl (C=O) groups is 3. The van der Waals surface area contributed by atoms with E-state index in [-0.39, 0.29) is 17.7 Å². The predicted octanol–water partition coefficient (Wildman–Crippen LogP) is 3.48. The number of benzene rings is 1. The Balaban J connectivity index is 1.92. The lowest BCUT2D eigenvalue weighted by Crippen LogP contribution is -2.53. The van der Waals surface area contributed by atoms with Crippen LogP contribution in [0.2, 0.25) is 0 Å². The standard InChI is InChI=1S/C23H33F2N3O4/c1-14(2)19(27-20(29)18-16(24)7-6-8-17(18)25)21(30)28-11-9-15(10-12-28)13-26-22(31)32-23(3,4)5/h6-8,14-15,19H,9-13H2,1-5H3,(H,26,31)(H,27,29). The molecule has 7 nitrogen and oxygen atoms in total. The van der Waals surface area contributed by atoms with Crippen molar-refractivity contribution in [2.75, 3.05) is 19.6 Å². The molecule has 0 aliphatic carbocycles. The molecule has 0 radical (unpaired) electrons. The topological polar surface area (TPSA) is 87.7 Å². The number of likely N-dealkylation sites (tertiary alicyclic amines) is 1. The van der Waals surface area contributed by atoms with Gasteiger partial charge in [0.1, 0.15) is 28.8 Å². The summed E-state index contributed by atoms with van der Waals surface area (Å²) in [6.45, 7) is 10.3. The molecule has 32 heavy (non-hydrogen) atoms. The van der Waals surface area contributed by atoms with Crippen molar-refractivity contribution in [1.29, 1.82) is 0 Å². The average Bonchev–Trinajstić information content (AvgIpc) is 2.69. The van der Waals surface area contributed by atoms with Gasteiger partial charge in [-0.25, -0.2) is 13.6 Å². The number of nitrogens with one attached hydrogen (secondary N) is 2. The summed E-state index contributed by atoms with van der Waals surface area (Å²) in [5.74, 6) is -3.27. The van der Waals surface area contributed by atoms with Crippen LogP contribution in [0.1, 0.15) is 57.8 Å². The molecule has 1 heterocycles. The lowest BCUT2D eigenvalue weighted by molar-refractivity contribution is -0.135. The molecule has 0 aromatic heterocycles. The van der Waals surface area contributed by atoms with Gasteiger partial charge in [-0.1, -0.05) is 19.9 Å². The van der Waals surface area contributed by atoms with Crippen LogP contribution in [0.3, 0.4) is 0 Å². The van der Waals surface area contributed by atoms with E-state index in [1.165, 1.54) is 6.07 Å². The van der Waals surface area contributed by atoms with Crippen LogP contribution in [-0.4, -0.2) is 54.1 Å². The highest BCUT2D eigenvalue weighted by atomic mass is 19.1. The van der Waals surface area contributed by atoms with Crippen LogP contribution in [0.4, 0.5) is 13.6 Å². The molecule has 1 aromatic carbocycles. The van der Waals surface area contributed by atoms with Crippen molar-refractivity contribution >= 4 is 17.9 Å². The second kappa shape index (κ2) is 10.7. The third kappa shape index (κ3) is 7.17. The number of hydrogen-bond donors (Lipinski definition) is 2. The van der Waals surface area contributed by atoms with Gasteiger partial charge in [0.15, 0.2) is 0 Å². The van der Waals surface area contributed by atoms with E-state index in [4.69, 9.17) is 4.74 Å². The number of nitrogens with zero attached hydrogens (tertiary/aromatic N) is 1. The molecule has 0 spiro atoms. The van der Waals surface area contributed by atoms with Crippen LogP contribution >= 0.6 is 0 Å². The zero-order chi connectivity index (χ0) is 24.1. The van der Waals surface area contributed by atoms with Crippen LogP contribution < -0.4 is 10.6 Å². The minimum Gasteiger partial charge on any atom is -0.444 e. The number of alkyl carbamates (subject to hydrolysis) is 1. The zero-order valence-electron chi connectivity index (χ0n) is 19.3.